The van der Waals surface area contributed by atoms with E-state index in [1.165, 1.54) is 16.7 Å². The van der Waals surface area contributed by atoms with Crippen LogP contribution in [0.1, 0.15) is 42.0 Å². The van der Waals surface area contributed by atoms with Crippen LogP contribution >= 0.6 is 0 Å². The van der Waals surface area contributed by atoms with Crippen LogP contribution in [0.2, 0.25) is 0 Å². The Hall–Kier alpha value is -1.08. The van der Waals surface area contributed by atoms with Crippen LogP contribution < -0.4 is 5.73 Å². The molecule has 0 spiro atoms. The van der Waals surface area contributed by atoms with E-state index >= 15 is 0 Å². The van der Waals surface area contributed by atoms with Gasteiger partial charge in [0.25, 0.3) is 0 Å². The van der Waals surface area contributed by atoms with Crippen LogP contribution in [-0.4, -0.2) is 0 Å². The zero-order valence-corrected chi connectivity index (χ0v) is 9.79. The maximum Gasteiger partial charge on any atom is 0.0297 e. The lowest BCUT2D eigenvalue weighted by Crippen LogP contribution is -2.12. The maximum absolute atomic E-state index is 6.17. The van der Waals surface area contributed by atoms with Gasteiger partial charge in [0.15, 0.2) is 0 Å². The van der Waals surface area contributed by atoms with Gasteiger partial charge < -0.3 is 5.73 Å². The molecule has 1 rings (SSSR count). The van der Waals surface area contributed by atoms with E-state index in [0.29, 0.717) is 0 Å². The minimum atomic E-state index is 0.171. The molecule has 0 aliphatic heterocycles. The molecule has 0 bridgehead atoms. The van der Waals surface area contributed by atoms with E-state index in [2.05, 4.69) is 38.6 Å². The summed E-state index contributed by atoms with van der Waals surface area (Å²) >= 11 is 0. The number of hydrogen-bond acceptors (Lipinski definition) is 1. The third-order valence-electron chi connectivity index (χ3n) is 2.97. The van der Waals surface area contributed by atoms with Crippen LogP contribution in [0, 0.1) is 13.8 Å². The molecule has 1 aromatic rings. The van der Waals surface area contributed by atoms with Crippen molar-refractivity contribution >= 4 is 0 Å². The molecular formula is C14H21N. The van der Waals surface area contributed by atoms with Crippen molar-refractivity contribution in [1.29, 1.82) is 0 Å². The van der Waals surface area contributed by atoms with Gasteiger partial charge >= 0.3 is 0 Å². The summed E-state index contributed by atoms with van der Waals surface area (Å²) in [4.78, 5) is 0. The second-order valence-electron chi connectivity index (χ2n) is 4.12. The molecule has 2 N–H and O–H groups in total. The van der Waals surface area contributed by atoms with E-state index in [1.54, 1.807) is 0 Å². The molecule has 0 radical (unpaired) electrons. The van der Waals surface area contributed by atoms with Crippen molar-refractivity contribution in [1.82, 2.24) is 0 Å². The van der Waals surface area contributed by atoms with Crippen LogP contribution in [-0.2, 0) is 0 Å². The average Bonchev–Trinajstić information content (AvgIpc) is 2.22. The third-order valence-corrected chi connectivity index (χ3v) is 2.97. The molecule has 0 aromatic heterocycles. The molecule has 1 heteroatoms. The van der Waals surface area contributed by atoms with Crippen molar-refractivity contribution in [3.05, 3.63) is 47.5 Å². The summed E-state index contributed by atoms with van der Waals surface area (Å²) in [5.74, 6) is 0. The van der Waals surface area contributed by atoms with Gasteiger partial charge in [-0.25, -0.2) is 0 Å². The monoisotopic (exact) mass is 203 g/mol. The van der Waals surface area contributed by atoms with E-state index in [4.69, 9.17) is 5.73 Å². The summed E-state index contributed by atoms with van der Waals surface area (Å²) in [7, 11) is 0. The van der Waals surface area contributed by atoms with Gasteiger partial charge in [-0.05, 0) is 49.8 Å². The molecule has 0 aliphatic rings. The highest BCUT2D eigenvalue weighted by Crippen LogP contribution is 2.22. The van der Waals surface area contributed by atoms with E-state index < -0.39 is 0 Å². The van der Waals surface area contributed by atoms with Crippen molar-refractivity contribution in [2.24, 2.45) is 5.73 Å². The molecule has 0 amide bonds. The minimum absolute atomic E-state index is 0.171. The molecule has 1 nitrogen and oxygen atoms in total. The lowest BCUT2D eigenvalue weighted by Gasteiger charge is -2.15. The molecule has 0 saturated carbocycles. The lowest BCUT2D eigenvalue weighted by atomic mass is 9.95. The molecule has 1 unspecified atom stereocenters. The van der Waals surface area contributed by atoms with Crippen LogP contribution in [0.5, 0.6) is 0 Å². The molecule has 0 saturated heterocycles. The Bertz CT molecular complexity index is 328. The van der Waals surface area contributed by atoms with E-state index in [-0.39, 0.29) is 6.04 Å². The number of nitrogens with two attached hydrogens (primary N) is 1. The van der Waals surface area contributed by atoms with Gasteiger partial charge in [0.2, 0.25) is 0 Å². The number of benzene rings is 1. The van der Waals surface area contributed by atoms with Crippen LogP contribution in [0.15, 0.2) is 30.9 Å². The zero-order chi connectivity index (χ0) is 11.3. The topological polar surface area (TPSA) is 26.0 Å². The first-order chi connectivity index (χ1) is 7.16. The largest absolute Gasteiger partial charge is 0.324 e. The number of rotatable bonds is 5. The average molecular weight is 203 g/mol. The summed E-state index contributed by atoms with van der Waals surface area (Å²) in [5.41, 5.74) is 10.1. The van der Waals surface area contributed by atoms with E-state index in [9.17, 15) is 0 Å². The van der Waals surface area contributed by atoms with Gasteiger partial charge in [-0.1, -0.05) is 24.3 Å². The summed E-state index contributed by atoms with van der Waals surface area (Å²) in [6, 6.07) is 6.53. The smallest absolute Gasteiger partial charge is 0.0297 e. The zero-order valence-electron chi connectivity index (χ0n) is 9.79. The molecule has 0 aliphatic carbocycles. The first-order valence-corrected chi connectivity index (χ1v) is 5.59. The summed E-state index contributed by atoms with van der Waals surface area (Å²) in [6.07, 6.45) is 5.17. The highest BCUT2D eigenvalue weighted by Gasteiger charge is 2.08. The van der Waals surface area contributed by atoms with Crippen molar-refractivity contribution < 1.29 is 0 Å². The van der Waals surface area contributed by atoms with Gasteiger partial charge in [0.05, 0.1) is 0 Å². The van der Waals surface area contributed by atoms with Gasteiger partial charge in [0, 0.05) is 6.04 Å². The Morgan fingerprint density at radius 3 is 2.80 bits per heavy atom. The van der Waals surface area contributed by atoms with Gasteiger partial charge in [-0.15, -0.1) is 6.58 Å². The summed E-state index contributed by atoms with van der Waals surface area (Å²) in [6.45, 7) is 8.01. The van der Waals surface area contributed by atoms with E-state index in [1.807, 2.05) is 6.08 Å². The first-order valence-electron chi connectivity index (χ1n) is 5.59. The fourth-order valence-electron chi connectivity index (χ4n) is 1.81. The second kappa shape index (κ2) is 5.72. The molecule has 15 heavy (non-hydrogen) atoms. The molecular weight excluding hydrogens is 182 g/mol. The Balaban J connectivity index is 2.68. The van der Waals surface area contributed by atoms with Crippen LogP contribution in [0.3, 0.4) is 0 Å². The Morgan fingerprint density at radius 1 is 1.40 bits per heavy atom. The molecule has 1 aromatic carbocycles. The van der Waals surface area contributed by atoms with Gasteiger partial charge in [-0.3, -0.25) is 0 Å². The van der Waals surface area contributed by atoms with Gasteiger partial charge in [0.1, 0.15) is 0 Å². The second-order valence-corrected chi connectivity index (χ2v) is 4.12. The highest BCUT2D eigenvalue weighted by molar-refractivity contribution is 5.35. The standard InChI is InChI=1S/C14H21N/c1-4-5-6-10-14(15)13-9-7-8-11(2)12(13)3/h4,7-9,14H,1,5-6,10,15H2,2-3H3. The number of unbranched alkanes of at least 4 members (excludes halogenated alkanes) is 1. The predicted molar refractivity (Wildman–Crippen MR) is 66.9 cm³/mol. The summed E-state index contributed by atoms with van der Waals surface area (Å²) in [5, 5.41) is 0. The quantitative estimate of drug-likeness (QED) is 0.573. The minimum Gasteiger partial charge on any atom is -0.324 e. The lowest BCUT2D eigenvalue weighted by molar-refractivity contribution is 0.614. The fourth-order valence-corrected chi connectivity index (χ4v) is 1.81. The SMILES string of the molecule is C=CCCCC(N)c1cccc(C)c1C. The molecule has 0 fully saturated rings. The van der Waals surface area contributed by atoms with Crippen molar-refractivity contribution in [3.63, 3.8) is 0 Å². The van der Waals surface area contributed by atoms with E-state index in [0.717, 1.165) is 19.3 Å². The van der Waals surface area contributed by atoms with Gasteiger partial charge in [-0.2, -0.15) is 0 Å². The first kappa shape index (κ1) is 12.0. The van der Waals surface area contributed by atoms with Crippen LogP contribution in [0.4, 0.5) is 0 Å². The molecule has 1 atom stereocenters. The summed E-state index contributed by atoms with van der Waals surface area (Å²) < 4.78 is 0. The number of allylic oxidation sites excluding steroid dienone is 1. The van der Waals surface area contributed by atoms with Crippen molar-refractivity contribution in [2.75, 3.05) is 0 Å². The normalized spacial score (nSPS) is 12.5. The Morgan fingerprint density at radius 2 is 2.13 bits per heavy atom. The highest BCUT2D eigenvalue weighted by atomic mass is 14.6. The number of aryl methyl sites for hydroxylation is 1. The molecule has 82 valence electrons. The fraction of sp³-hybridized carbons (Fsp3) is 0.429. The maximum atomic E-state index is 6.17. The van der Waals surface area contributed by atoms with Crippen molar-refractivity contribution in [2.45, 2.75) is 39.2 Å². The Labute approximate surface area is 93.0 Å². The Kier molecular flexibility index (Phi) is 4.57. The number of hydrogen-bond donors (Lipinski definition) is 1. The van der Waals surface area contributed by atoms with Crippen molar-refractivity contribution in [3.8, 4) is 0 Å². The predicted octanol–water partition coefficient (Wildman–Crippen LogP) is 3.66. The third kappa shape index (κ3) is 3.21. The van der Waals surface area contributed by atoms with Crippen LogP contribution in [0.25, 0.3) is 0 Å². The molecule has 0 heterocycles.